The lowest BCUT2D eigenvalue weighted by Crippen LogP contribution is -2.46. The van der Waals surface area contributed by atoms with E-state index in [2.05, 4.69) is 52.4 Å². The summed E-state index contributed by atoms with van der Waals surface area (Å²) in [5.41, 5.74) is 11.1. The van der Waals surface area contributed by atoms with Crippen LogP contribution in [0.5, 0.6) is 5.75 Å². The zero-order valence-corrected chi connectivity index (χ0v) is 23.5. The maximum atomic E-state index is 6.01. The van der Waals surface area contributed by atoms with E-state index in [1.807, 2.05) is 54.0 Å². The molecule has 0 unspecified atom stereocenters. The Kier molecular flexibility index (Phi) is 7.86. The highest BCUT2D eigenvalue weighted by Crippen LogP contribution is 2.26. The second-order valence-electron chi connectivity index (χ2n) is 10.1. The number of imidazole rings is 1. The highest BCUT2D eigenvalue weighted by molar-refractivity contribution is 6.09. The molecule has 3 N–H and O–H groups in total. The molecular weight excluding hydrogens is 532 g/mol. The first kappa shape index (κ1) is 27.1. The molecule has 4 aromatic heterocycles. The summed E-state index contributed by atoms with van der Waals surface area (Å²) in [6.45, 7) is 5.66. The number of benzene rings is 1. The van der Waals surface area contributed by atoms with Crippen LogP contribution in [-0.2, 0) is 6.54 Å². The summed E-state index contributed by atoms with van der Waals surface area (Å²) in [6.07, 6.45) is 8.62. The van der Waals surface area contributed by atoms with E-state index in [4.69, 9.17) is 15.0 Å². The molecule has 5 heterocycles. The van der Waals surface area contributed by atoms with Gasteiger partial charge in [-0.2, -0.15) is 4.98 Å². The van der Waals surface area contributed by atoms with Crippen molar-refractivity contribution in [1.82, 2.24) is 34.4 Å². The number of likely N-dealkylation sites (tertiary alicyclic amines) is 1. The van der Waals surface area contributed by atoms with Crippen molar-refractivity contribution in [1.29, 1.82) is 0 Å². The molecule has 1 aliphatic rings. The Morgan fingerprint density at radius 1 is 1.17 bits per heavy atom. The fraction of sp³-hybridized carbons (Fsp3) is 0.267. The van der Waals surface area contributed by atoms with Gasteiger partial charge in [0.2, 0.25) is 5.89 Å². The first-order valence-electron chi connectivity index (χ1n) is 13.7. The van der Waals surface area contributed by atoms with Crippen LogP contribution in [0, 0.1) is 6.92 Å². The zero-order valence-electron chi connectivity index (χ0n) is 23.5. The number of nitrogens with zero attached hydrogens (tertiary/aromatic N) is 8. The van der Waals surface area contributed by atoms with Gasteiger partial charge in [0, 0.05) is 69.5 Å². The smallest absolute Gasteiger partial charge is 0.232 e. The minimum absolute atomic E-state index is 0.309. The van der Waals surface area contributed by atoms with Crippen molar-refractivity contribution in [3.63, 3.8) is 0 Å². The Morgan fingerprint density at radius 3 is 2.79 bits per heavy atom. The van der Waals surface area contributed by atoms with E-state index in [0.717, 1.165) is 70.8 Å². The predicted octanol–water partition coefficient (Wildman–Crippen LogP) is 3.57. The number of nitrogens with two attached hydrogens (primary N) is 1. The van der Waals surface area contributed by atoms with Gasteiger partial charge in [-0.3, -0.25) is 14.3 Å². The Hall–Kier alpha value is -5.10. The summed E-state index contributed by atoms with van der Waals surface area (Å²) < 4.78 is 13.3. The Morgan fingerprint density at radius 2 is 2.02 bits per heavy atom. The van der Waals surface area contributed by atoms with Crippen LogP contribution in [0.2, 0.25) is 0 Å². The molecule has 0 amide bonds. The van der Waals surface area contributed by atoms with Crippen molar-refractivity contribution in [2.75, 3.05) is 38.6 Å². The van der Waals surface area contributed by atoms with Crippen molar-refractivity contribution < 1.29 is 9.26 Å². The average Bonchev–Trinajstić information content (AvgIpc) is 3.62. The molecule has 1 aliphatic heterocycles. The number of anilines is 1. The number of aryl methyl sites for hydroxylation is 1. The molecule has 0 saturated carbocycles. The zero-order chi connectivity index (χ0) is 28.9. The number of hydrogen-bond acceptors (Lipinski definition) is 11. The van der Waals surface area contributed by atoms with Crippen molar-refractivity contribution in [2.45, 2.75) is 19.4 Å². The molecule has 5 aromatic rings. The first-order valence-corrected chi connectivity index (χ1v) is 13.7. The molecule has 12 heteroatoms. The second-order valence-corrected chi connectivity index (χ2v) is 10.1. The molecule has 214 valence electrons. The van der Waals surface area contributed by atoms with Crippen LogP contribution in [0.4, 0.5) is 5.82 Å². The third-order valence-corrected chi connectivity index (χ3v) is 7.15. The van der Waals surface area contributed by atoms with Gasteiger partial charge in [0.25, 0.3) is 0 Å². The summed E-state index contributed by atoms with van der Waals surface area (Å²) in [7, 11) is 1.72. The fourth-order valence-corrected chi connectivity index (χ4v) is 4.88. The van der Waals surface area contributed by atoms with E-state index in [-0.39, 0.29) is 0 Å². The molecule has 6 rings (SSSR count). The highest BCUT2D eigenvalue weighted by Gasteiger charge is 2.32. The maximum absolute atomic E-state index is 6.01. The van der Waals surface area contributed by atoms with Gasteiger partial charge in [0.15, 0.2) is 5.82 Å². The lowest BCUT2D eigenvalue weighted by molar-refractivity contribution is 0.104. The number of rotatable bonds is 11. The summed E-state index contributed by atoms with van der Waals surface area (Å²) in [5.74, 6) is 3.21. The van der Waals surface area contributed by atoms with Crippen LogP contribution in [0.25, 0.3) is 22.6 Å². The summed E-state index contributed by atoms with van der Waals surface area (Å²) in [4.78, 5) is 24.1. The molecule has 42 heavy (non-hydrogen) atoms. The summed E-state index contributed by atoms with van der Waals surface area (Å²) in [5, 5.41) is 7.26. The van der Waals surface area contributed by atoms with Crippen LogP contribution in [0.15, 0.2) is 76.9 Å². The SMILES string of the molecule is CN=C/C(=C\N)c1ccc(CNc2cc(-c3cnc4cc(OCCN5CC(c6nc(C)no6)C5)ccn34)ncn2)cc1. The number of allylic oxidation sites excluding steroid dienone is 1. The predicted molar refractivity (Wildman–Crippen MR) is 160 cm³/mol. The topological polar surface area (TPSA) is 145 Å². The fourth-order valence-electron chi connectivity index (χ4n) is 4.88. The van der Waals surface area contributed by atoms with Gasteiger partial charge in [-0.25, -0.2) is 15.0 Å². The standard InChI is InChI=1S/C30H32N10O2/c1-20-37-30(42-38-20)24-17-39(18-24)9-10-41-25-7-8-40-27(16-34-29(40)11-25)26-12-28(36-19-35-26)33-14-21-3-5-22(6-4-21)23(13-31)15-32-2/h3-8,11-13,15-16,19,24H,9-10,14,17-18,31H2,1-2H3,(H,33,35,36)/b23-13+,32-15?. The van der Waals surface area contributed by atoms with Crippen LogP contribution in [0.1, 0.15) is 28.8 Å². The molecule has 0 spiro atoms. The van der Waals surface area contributed by atoms with E-state index >= 15 is 0 Å². The van der Waals surface area contributed by atoms with Gasteiger partial charge in [0.05, 0.1) is 23.5 Å². The van der Waals surface area contributed by atoms with E-state index in [1.54, 1.807) is 25.8 Å². The van der Waals surface area contributed by atoms with E-state index < -0.39 is 0 Å². The van der Waals surface area contributed by atoms with E-state index in [0.29, 0.717) is 24.9 Å². The van der Waals surface area contributed by atoms with Gasteiger partial charge in [0.1, 0.15) is 30.1 Å². The van der Waals surface area contributed by atoms with Crippen LogP contribution in [0.3, 0.4) is 0 Å². The quantitative estimate of drug-likeness (QED) is 0.228. The first-order chi connectivity index (χ1) is 20.6. The minimum Gasteiger partial charge on any atom is -0.492 e. The van der Waals surface area contributed by atoms with Crippen molar-refractivity contribution in [2.24, 2.45) is 10.7 Å². The third-order valence-electron chi connectivity index (χ3n) is 7.15. The van der Waals surface area contributed by atoms with Crippen LogP contribution in [-0.4, -0.2) is 73.9 Å². The van der Waals surface area contributed by atoms with E-state index in [1.165, 1.54) is 0 Å². The Bertz CT molecular complexity index is 1720. The largest absolute Gasteiger partial charge is 0.492 e. The molecule has 0 aliphatic carbocycles. The normalized spacial score (nSPS) is 14.5. The number of fused-ring (bicyclic) bond motifs is 1. The number of ether oxygens (including phenoxy) is 1. The van der Waals surface area contributed by atoms with Gasteiger partial charge in [-0.05, 0) is 24.1 Å². The summed E-state index contributed by atoms with van der Waals surface area (Å²) in [6, 6.07) is 14.0. The molecule has 1 aromatic carbocycles. The monoisotopic (exact) mass is 564 g/mol. The second kappa shape index (κ2) is 12.2. The van der Waals surface area contributed by atoms with Gasteiger partial charge < -0.3 is 20.3 Å². The average molecular weight is 565 g/mol. The van der Waals surface area contributed by atoms with Crippen LogP contribution < -0.4 is 15.8 Å². The number of nitrogens with one attached hydrogen (secondary N) is 1. The third kappa shape index (κ3) is 5.98. The molecule has 1 saturated heterocycles. The number of pyridine rings is 1. The number of hydrogen-bond donors (Lipinski definition) is 2. The lowest BCUT2D eigenvalue weighted by atomic mass is 10.0. The summed E-state index contributed by atoms with van der Waals surface area (Å²) >= 11 is 0. The van der Waals surface area contributed by atoms with Gasteiger partial charge >= 0.3 is 0 Å². The molecule has 0 radical (unpaired) electrons. The molecular formula is C30H32N10O2. The van der Waals surface area contributed by atoms with E-state index in [9.17, 15) is 0 Å². The highest BCUT2D eigenvalue weighted by atomic mass is 16.5. The van der Waals surface area contributed by atoms with Crippen molar-refractivity contribution in [3.05, 3.63) is 90.2 Å². The van der Waals surface area contributed by atoms with Crippen molar-refractivity contribution >= 4 is 23.3 Å². The minimum atomic E-state index is 0.309. The van der Waals surface area contributed by atoms with Gasteiger partial charge in [-0.15, -0.1) is 0 Å². The van der Waals surface area contributed by atoms with Crippen molar-refractivity contribution in [3.8, 4) is 17.1 Å². The molecule has 0 atom stereocenters. The van der Waals surface area contributed by atoms with Crippen LogP contribution >= 0.6 is 0 Å². The lowest BCUT2D eigenvalue weighted by Gasteiger charge is -2.36. The Balaban J connectivity index is 1.04. The molecule has 1 fully saturated rings. The van der Waals surface area contributed by atoms with Gasteiger partial charge in [-0.1, -0.05) is 29.4 Å². The Labute approximate surface area is 243 Å². The molecule has 0 bridgehead atoms. The maximum Gasteiger partial charge on any atom is 0.232 e. The molecule has 12 nitrogen and oxygen atoms in total. The number of aromatic nitrogens is 6. The number of aliphatic imine (C=N–C) groups is 1.